The van der Waals surface area contributed by atoms with E-state index in [1.807, 2.05) is 13.8 Å². The lowest BCUT2D eigenvalue weighted by Crippen LogP contribution is -2.21. The molecule has 0 aliphatic carbocycles. The van der Waals surface area contributed by atoms with Gasteiger partial charge < -0.3 is 5.32 Å². The van der Waals surface area contributed by atoms with Crippen LogP contribution in [0, 0.1) is 11.6 Å². The number of nitrogens with one attached hydrogen (secondary N) is 1. The number of hydrogen-bond donors (Lipinski definition) is 1. The highest BCUT2D eigenvalue weighted by Crippen LogP contribution is 2.21. The average Bonchev–Trinajstić information content (AvgIpc) is 2.19. The summed E-state index contributed by atoms with van der Waals surface area (Å²) >= 11 is 0. The van der Waals surface area contributed by atoms with E-state index in [9.17, 15) is 8.78 Å². The summed E-state index contributed by atoms with van der Waals surface area (Å²) in [6.45, 7) is 4.63. The Morgan fingerprint density at radius 3 is 2.57 bits per heavy atom. The van der Waals surface area contributed by atoms with Gasteiger partial charge in [-0.2, -0.15) is 0 Å². The average molecular weight is 199 g/mol. The van der Waals surface area contributed by atoms with Crippen LogP contribution < -0.4 is 5.32 Å². The largest absolute Gasteiger partial charge is 0.310 e. The van der Waals surface area contributed by atoms with Crippen molar-refractivity contribution in [2.24, 2.45) is 0 Å². The molecule has 0 saturated carbocycles. The third kappa shape index (κ3) is 2.29. The van der Waals surface area contributed by atoms with Crippen LogP contribution in [0.25, 0.3) is 0 Å². The van der Waals surface area contributed by atoms with Gasteiger partial charge in [0, 0.05) is 11.6 Å². The van der Waals surface area contributed by atoms with Crippen LogP contribution in [0.1, 0.15) is 31.9 Å². The van der Waals surface area contributed by atoms with Gasteiger partial charge in [0.05, 0.1) is 0 Å². The molecular weight excluding hydrogens is 184 g/mol. The monoisotopic (exact) mass is 199 g/mol. The van der Waals surface area contributed by atoms with Crippen molar-refractivity contribution in [3.63, 3.8) is 0 Å². The van der Waals surface area contributed by atoms with Crippen LogP contribution in [-0.4, -0.2) is 6.54 Å². The third-order valence-electron chi connectivity index (χ3n) is 2.22. The van der Waals surface area contributed by atoms with Crippen molar-refractivity contribution in [1.82, 2.24) is 5.32 Å². The fourth-order valence-electron chi connectivity index (χ4n) is 1.51. The van der Waals surface area contributed by atoms with E-state index in [0.29, 0.717) is 5.56 Å². The first-order valence-corrected chi connectivity index (χ1v) is 4.88. The van der Waals surface area contributed by atoms with Crippen LogP contribution in [0.5, 0.6) is 0 Å². The van der Waals surface area contributed by atoms with Gasteiger partial charge in [-0.15, -0.1) is 0 Å². The second-order valence-electron chi connectivity index (χ2n) is 3.16. The molecule has 14 heavy (non-hydrogen) atoms. The Balaban J connectivity index is 2.97. The number of hydrogen-bond acceptors (Lipinski definition) is 1. The highest BCUT2D eigenvalue weighted by molar-refractivity contribution is 5.22. The van der Waals surface area contributed by atoms with E-state index in [4.69, 9.17) is 0 Å². The predicted molar refractivity (Wildman–Crippen MR) is 53.1 cm³/mol. The van der Waals surface area contributed by atoms with Crippen molar-refractivity contribution in [3.05, 3.63) is 35.4 Å². The van der Waals surface area contributed by atoms with E-state index in [-0.39, 0.29) is 6.04 Å². The Labute approximate surface area is 83.1 Å². The molecule has 1 nitrogen and oxygen atoms in total. The molecule has 0 aromatic heterocycles. The topological polar surface area (TPSA) is 12.0 Å². The van der Waals surface area contributed by atoms with Gasteiger partial charge in [0.15, 0.2) is 11.6 Å². The fraction of sp³-hybridized carbons (Fsp3) is 0.455. The quantitative estimate of drug-likeness (QED) is 0.786. The molecule has 0 aliphatic heterocycles. The summed E-state index contributed by atoms with van der Waals surface area (Å²) in [4.78, 5) is 0. The SMILES string of the molecule is CCNC(CC)c1cccc(F)c1F. The summed E-state index contributed by atoms with van der Waals surface area (Å²) in [5.74, 6) is -1.51. The predicted octanol–water partition coefficient (Wildman–Crippen LogP) is 3.03. The normalized spacial score (nSPS) is 12.9. The van der Waals surface area contributed by atoms with Crippen LogP contribution in [0.15, 0.2) is 18.2 Å². The van der Waals surface area contributed by atoms with E-state index >= 15 is 0 Å². The summed E-state index contributed by atoms with van der Waals surface area (Å²) in [5, 5.41) is 3.11. The zero-order valence-corrected chi connectivity index (χ0v) is 8.48. The second-order valence-corrected chi connectivity index (χ2v) is 3.16. The smallest absolute Gasteiger partial charge is 0.163 e. The molecule has 1 unspecified atom stereocenters. The lowest BCUT2D eigenvalue weighted by molar-refractivity contribution is 0.460. The molecular formula is C11H15F2N. The molecule has 0 heterocycles. The van der Waals surface area contributed by atoms with Crippen molar-refractivity contribution < 1.29 is 8.78 Å². The number of benzene rings is 1. The molecule has 1 N–H and O–H groups in total. The maximum absolute atomic E-state index is 13.3. The third-order valence-corrected chi connectivity index (χ3v) is 2.22. The molecule has 0 saturated heterocycles. The van der Waals surface area contributed by atoms with Gasteiger partial charge in [0.1, 0.15) is 0 Å². The van der Waals surface area contributed by atoms with Gasteiger partial charge in [-0.25, -0.2) is 8.78 Å². The minimum absolute atomic E-state index is 0.101. The zero-order valence-electron chi connectivity index (χ0n) is 8.48. The Kier molecular flexibility index (Phi) is 4.01. The molecule has 78 valence electrons. The summed E-state index contributed by atoms with van der Waals surface area (Å²) < 4.78 is 26.3. The van der Waals surface area contributed by atoms with Gasteiger partial charge in [-0.3, -0.25) is 0 Å². The number of rotatable bonds is 4. The fourth-order valence-corrected chi connectivity index (χ4v) is 1.51. The molecule has 0 radical (unpaired) electrons. The molecule has 0 spiro atoms. The van der Waals surface area contributed by atoms with Crippen LogP contribution in [0.3, 0.4) is 0 Å². The standard InChI is InChI=1S/C11H15F2N/c1-3-10(14-4-2)8-6-5-7-9(12)11(8)13/h5-7,10,14H,3-4H2,1-2H3. The first kappa shape index (κ1) is 11.1. The Hall–Kier alpha value is -0.960. The van der Waals surface area contributed by atoms with E-state index in [2.05, 4.69) is 5.32 Å². The van der Waals surface area contributed by atoms with Gasteiger partial charge in [0.2, 0.25) is 0 Å². The zero-order chi connectivity index (χ0) is 10.6. The maximum atomic E-state index is 13.3. The van der Waals surface area contributed by atoms with Crippen LogP contribution in [-0.2, 0) is 0 Å². The Bertz CT molecular complexity index is 299. The molecule has 0 amide bonds. The molecule has 1 aromatic rings. The highest BCUT2D eigenvalue weighted by atomic mass is 19.2. The Morgan fingerprint density at radius 2 is 2.00 bits per heavy atom. The lowest BCUT2D eigenvalue weighted by atomic mass is 10.0. The van der Waals surface area contributed by atoms with Crippen molar-refractivity contribution in [1.29, 1.82) is 0 Å². The molecule has 1 atom stereocenters. The first-order chi connectivity index (χ1) is 6.70. The second kappa shape index (κ2) is 5.05. The van der Waals surface area contributed by atoms with E-state index in [0.717, 1.165) is 19.0 Å². The van der Waals surface area contributed by atoms with Crippen molar-refractivity contribution in [2.75, 3.05) is 6.54 Å². The van der Waals surface area contributed by atoms with Gasteiger partial charge in [-0.1, -0.05) is 26.0 Å². The van der Waals surface area contributed by atoms with E-state index in [1.165, 1.54) is 6.07 Å². The minimum Gasteiger partial charge on any atom is -0.310 e. The highest BCUT2D eigenvalue weighted by Gasteiger charge is 2.15. The van der Waals surface area contributed by atoms with E-state index in [1.54, 1.807) is 6.07 Å². The van der Waals surface area contributed by atoms with Crippen LogP contribution in [0.4, 0.5) is 8.78 Å². The first-order valence-electron chi connectivity index (χ1n) is 4.88. The van der Waals surface area contributed by atoms with Gasteiger partial charge >= 0.3 is 0 Å². The lowest BCUT2D eigenvalue weighted by Gasteiger charge is -2.16. The summed E-state index contributed by atoms with van der Waals surface area (Å²) in [6, 6.07) is 4.19. The molecule has 3 heteroatoms. The minimum atomic E-state index is -0.779. The summed E-state index contributed by atoms with van der Waals surface area (Å²) in [6.07, 6.45) is 0.744. The van der Waals surface area contributed by atoms with E-state index < -0.39 is 11.6 Å². The summed E-state index contributed by atoms with van der Waals surface area (Å²) in [7, 11) is 0. The molecule has 0 fully saturated rings. The van der Waals surface area contributed by atoms with Gasteiger partial charge in [-0.05, 0) is 19.0 Å². The van der Waals surface area contributed by atoms with Crippen molar-refractivity contribution in [2.45, 2.75) is 26.3 Å². The molecule has 0 aliphatic rings. The van der Waals surface area contributed by atoms with Crippen molar-refractivity contribution >= 4 is 0 Å². The maximum Gasteiger partial charge on any atom is 0.163 e. The van der Waals surface area contributed by atoms with Crippen molar-refractivity contribution in [3.8, 4) is 0 Å². The van der Waals surface area contributed by atoms with Crippen LogP contribution in [0.2, 0.25) is 0 Å². The molecule has 1 rings (SSSR count). The van der Waals surface area contributed by atoms with Crippen LogP contribution >= 0.6 is 0 Å². The molecule has 0 bridgehead atoms. The molecule has 1 aromatic carbocycles. The number of halogens is 2. The Morgan fingerprint density at radius 1 is 1.29 bits per heavy atom. The van der Waals surface area contributed by atoms with Gasteiger partial charge in [0.25, 0.3) is 0 Å². The summed E-state index contributed by atoms with van der Waals surface area (Å²) in [5.41, 5.74) is 0.411.